The molecule has 0 unspecified atom stereocenters. The van der Waals surface area contributed by atoms with Crippen LogP contribution in [-0.2, 0) is 18.9 Å². The zero-order valence-electron chi connectivity index (χ0n) is 19.0. The molecule has 12 heteroatoms. The van der Waals surface area contributed by atoms with E-state index in [-0.39, 0.29) is 25.2 Å². The van der Waals surface area contributed by atoms with E-state index in [9.17, 15) is 20.4 Å². The fourth-order valence-corrected chi connectivity index (χ4v) is 4.83. The summed E-state index contributed by atoms with van der Waals surface area (Å²) >= 11 is 0. The second kappa shape index (κ2) is 10.8. The summed E-state index contributed by atoms with van der Waals surface area (Å²) in [5, 5.41) is 48.5. The van der Waals surface area contributed by atoms with E-state index in [4.69, 9.17) is 30.4 Å². The Kier molecular flexibility index (Phi) is 8.86. The van der Waals surface area contributed by atoms with Gasteiger partial charge in [0.25, 0.3) is 0 Å². The summed E-state index contributed by atoms with van der Waals surface area (Å²) in [5.41, 5.74) is 11.0. The molecule has 0 spiro atoms. The van der Waals surface area contributed by atoms with Crippen molar-refractivity contribution in [1.29, 1.82) is 0 Å². The lowest BCUT2D eigenvalue weighted by Crippen LogP contribution is -2.67. The average molecular weight is 465 g/mol. The van der Waals surface area contributed by atoms with Gasteiger partial charge in [-0.15, -0.1) is 0 Å². The fourth-order valence-electron chi connectivity index (χ4n) is 4.83. The van der Waals surface area contributed by atoms with Crippen LogP contribution < -0.4 is 22.1 Å². The molecule has 1 aliphatic carbocycles. The van der Waals surface area contributed by atoms with Crippen LogP contribution in [0.15, 0.2) is 0 Å². The molecule has 2 saturated heterocycles. The third-order valence-corrected chi connectivity index (χ3v) is 6.64. The molecular formula is C20H40N4O8. The van der Waals surface area contributed by atoms with Crippen LogP contribution in [0.25, 0.3) is 0 Å². The van der Waals surface area contributed by atoms with Gasteiger partial charge in [-0.05, 0) is 40.3 Å². The molecule has 0 aromatic heterocycles. The first-order chi connectivity index (χ1) is 15.1. The van der Waals surface area contributed by atoms with Crippen LogP contribution in [-0.4, -0.2) is 121 Å². The van der Waals surface area contributed by atoms with Crippen molar-refractivity contribution >= 4 is 0 Å². The quantitative estimate of drug-likeness (QED) is 0.184. The Morgan fingerprint density at radius 3 is 2.34 bits per heavy atom. The summed E-state index contributed by atoms with van der Waals surface area (Å²) < 4.78 is 23.3. The standard InChI is InChI=1S/C20H40N4O8/c1-20(28)8-29-19(14(27)17(20)24-3)32-16-12(25)6-11(22)15(13(16)26)31-18-10(21)5-4-9(30-18)7-23-2/h9-19,23-28H,4-8,21-22H2,1-3H3/t9-,10+,11+,12+,13-,14+,15+,16-,17+,18-,19-,20+/m0/s1. The Balaban J connectivity index is 1.67. The maximum Gasteiger partial charge on any atom is 0.185 e. The second-order valence-electron chi connectivity index (χ2n) is 9.38. The minimum Gasteiger partial charge on any atom is -0.390 e. The molecule has 0 amide bonds. The Hall–Kier alpha value is -0.480. The summed E-state index contributed by atoms with van der Waals surface area (Å²) in [5.74, 6) is 0. The summed E-state index contributed by atoms with van der Waals surface area (Å²) in [4.78, 5) is 0. The van der Waals surface area contributed by atoms with Gasteiger partial charge in [0.05, 0.1) is 30.9 Å². The van der Waals surface area contributed by atoms with Crippen LogP contribution in [0.4, 0.5) is 0 Å². The molecule has 0 radical (unpaired) electrons. The Morgan fingerprint density at radius 2 is 1.69 bits per heavy atom. The highest BCUT2D eigenvalue weighted by Crippen LogP contribution is 2.32. The summed E-state index contributed by atoms with van der Waals surface area (Å²) in [7, 11) is 3.43. The van der Waals surface area contributed by atoms with Gasteiger partial charge >= 0.3 is 0 Å². The highest BCUT2D eigenvalue weighted by Gasteiger charge is 2.51. The van der Waals surface area contributed by atoms with Gasteiger partial charge in [-0.2, -0.15) is 0 Å². The lowest BCUT2D eigenvalue weighted by atomic mass is 9.85. The van der Waals surface area contributed by atoms with Gasteiger partial charge in [0, 0.05) is 12.6 Å². The van der Waals surface area contributed by atoms with Crippen molar-refractivity contribution in [3.8, 4) is 0 Å². The molecule has 10 N–H and O–H groups in total. The molecule has 188 valence electrons. The van der Waals surface area contributed by atoms with Crippen molar-refractivity contribution in [3.05, 3.63) is 0 Å². The van der Waals surface area contributed by atoms with Gasteiger partial charge in [0.2, 0.25) is 0 Å². The molecule has 3 aliphatic rings. The topological polar surface area (TPSA) is 194 Å². The van der Waals surface area contributed by atoms with E-state index in [2.05, 4.69) is 10.6 Å². The Bertz CT molecular complexity index is 602. The molecule has 1 saturated carbocycles. The molecule has 3 fully saturated rings. The van der Waals surface area contributed by atoms with E-state index in [1.807, 2.05) is 7.05 Å². The average Bonchev–Trinajstić information content (AvgIpc) is 2.72. The van der Waals surface area contributed by atoms with Crippen molar-refractivity contribution in [3.63, 3.8) is 0 Å². The highest BCUT2D eigenvalue weighted by molar-refractivity contribution is 5.00. The van der Waals surface area contributed by atoms with Gasteiger partial charge < -0.3 is 61.5 Å². The zero-order valence-corrected chi connectivity index (χ0v) is 19.0. The van der Waals surface area contributed by atoms with E-state index >= 15 is 0 Å². The molecule has 32 heavy (non-hydrogen) atoms. The number of hydrogen-bond donors (Lipinski definition) is 8. The number of likely N-dealkylation sites (N-methyl/N-ethyl adjacent to an activating group) is 2. The van der Waals surface area contributed by atoms with Crippen LogP contribution >= 0.6 is 0 Å². The first-order valence-electron chi connectivity index (χ1n) is 11.3. The van der Waals surface area contributed by atoms with Crippen LogP contribution in [0, 0.1) is 0 Å². The van der Waals surface area contributed by atoms with E-state index in [1.54, 1.807) is 7.05 Å². The van der Waals surface area contributed by atoms with Crippen molar-refractivity contribution < 1.29 is 39.4 Å². The SMILES string of the molecule is CNC[C@@H]1CC[C@@H](N)[C@H](O[C@H]2[C@H](O)[C@@H](O[C@@H]3OC[C@@](C)(O)[C@H](NC)[C@H]3O)[C@H](O)C[C@H]2N)O1. The van der Waals surface area contributed by atoms with E-state index in [0.717, 1.165) is 6.42 Å². The Labute approximate surface area is 188 Å². The molecule has 0 bridgehead atoms. The van der Waals surface area contributed by atoms with Gasteiger partial charge in [-0.1, -0.05) is 0 Å². The third-order valence-electron chi connectivity index (χ3n) is 6.64. The van der Waals surface area contributed by atoms with Crippen molar-refractivity contribution in [2.24, 2.45) is 11.5 Å². The fraction of sp³-hybridized carbons (Fsp3) is 1.00. The van der Waals surface area contributed by atoms with Crippen molar-refractivity contribution in [2.75, 3.05) is 27.2 Å². The monoisotopic (exact) mass is 464 g/mol. The normalized spacial score (nSPS) is 50.3. The van der Waals surface area contributed by atoms with E-state index < -0.39 is 60.8 Å². The molecule has 12 nitrogen and oxygen atoms in total. The molecule has 2 aliphatic heterocycles. The van der Waals surface area contributed by atoms with Gasteiger partial charge in [0.1, 0.15) is 30.0 Å². The molecule has 0 aromatic rings. The number of aliphatic hydroxyl groups excluding tert-OH is 3. The lowest BCUT2D eigenvalue weighted by molar-refractivity contribution is -0.316. The third kappa shape index (κ3) is 5.59. The van der Waals surface area contributed by atoms with E-state index in [1.165, 1.54) is 6.92 Å². The summed E-state index contributed by atoms with van der Waals surface area (Å²) in [6.45, 7) is 2.08. The number of hydrogen-bond acceptors (Lipinski definition) is 12. The van der Waals surface area contributed by atoms with E-state index in [0.29, 0.717) is 13.0 Å². The summed E-state index contributed by atoms with van der Waals surface area (Å²) in [6, 6.07) is -1.79. The maximum absolute atomic E-state index is 11.0. The smallest absolute Gasteiger partial charge is 0.185 e. The maximum atomic E-state index is 11.0. The molecule has 2 heterocycles. The summed E-state index contributed by atoms with van der Waals surface area (Å²) in [6.07, 6.45) is -6.12. The molecule has 3 rings (SSSR count). The van der Waals surface area contributed by atoms with Crippen molar-refractivity contribution in [1.82, 2.24) is 10.6 Å². The largest absolute Gasteiger partial charge is 0.390 e. The highest BCUT2D eigenvalue weighted by atomic mass is 16.7. The van der Waals surface area contributed by atoms with Gasteiger partial charge in [0.15, 0.2) is 12.6 Å². The number of ether oxygens (including phenoxy) is 4. The number of nitrogens with two attached hydrogens (primary N) is 2. The number of nitrogens with one attached hydrogen (secondary N) is 2. The first-order valence-corrected chi connectivity index (χ1v) is 11.3. The molecule has 12 atom stereocenters. The lowest BCUT2D eigenvalue weighted by Gasteiger charge is -2.48. The van der Waals surface area contributed by atoms with Crippen LogP contribution in [0.3, 0.4) is 0 Å². The zero-order chi connectivity index (χ0) is 23.6. The number of rotatable bonds is 7. The molecule has 0 aromatic carbocycles. The van der Waals surface area contributed by atoms with Crippen LogP contribution in [0.5, 0.6) is 0 Å². The molecular weight excluding hydrogens is 424 g/mol. The Morgan fingerprint density at radius 1 is 1.00 bits per heavy atom. The van der Waals surface area contributed by atoms with Crippen LogP contribution in [0.2, 0.25) is 0 Å². The first kappa shape index (κ1) is 26.1. The minimum atomic E-state index is -1.32. The predicted octanol–water partition coefficient (Wildman–Crippen LogP) is -3.68. The van der Waals surface area contributed by atoms with Crippen LogP contribution in [0.1, 0.15) is 26.2 Å². The van der Waals surface area contributed by atoms with Gasteiger partial charge in [-0.25, -0.2) is 0 Å². The second-order valence-corrected chi connectivity index (χ2v) is 9.38. The van der Waals surface area contributed by atoms with Gasteiger partial charge in [-0.3, -0.25) is 0 Å². The minimum absolute atomic E-state index is 0.0727. The van der Waals surface area contributed by atoms with Crippen molar-refractivity contribution in [2.45, 2.75) is 99.1 Å². The number of aliphatic hydroxyl groups is 4. The predicted molar refractivity (Wildman–Crippen MR) is 113 cm³/mol.